The lowest BCUT2D eigenvalue weighted by molar-refractivity contribution is 0.321. The van der Waals surface area contributed by atoms with E-state index in [-0.39, 0.29) is 0 Å². The Morgan fingerprint density at radius 1 is 1.12 bits per heavy atom. The second-order valence-electron chi connectivity index (χ2n) is 3.42. The van der Waals surface area contributed by atoms with Gasteiger partial charge >= 0.3 is 0 Å². The molecule has 2 N–H and O–H groups in total. The van der Waals surface area contributed by atoms with E-state index in [4.69, 9.17) is 15.2 Å². The topological polar surface area (TPSA) is 57.4 Å². The first-order chi connectivity index (χ1) is 8.28. The zero-order chi connectivity index (χ0) is 12.1. The summed E-state index contributed by atoms with van der Waals surface area (Å²) in [7, 11) is 0. The number of aromatic nitrogens is 1. The Labute approximate surface area is 100 Å². The van der Waals surface area contributed by atoms with Gasteiger partial charge in [-0.1, -0.05) is 12.1 Å². The second kappa shape index (κ2) is 5.21. The number of nitrogens with zero attached hydrogens (tertiary/aromatic N) is 1. The Hall–Kier alpha value is -2.23. The molecule has 1 aromatic heterocycles. The third kappa shape index (κ3) is 3.11. The molecule has 0 aliphatic carbocycles. The largest absolute Gasteiger partial charge is 0.478 e. The second-order valence-corrected chi connectivity index (χ2v) is 3.42. The molecular weight excluding hydrogens is 216 g/mol. The number of ether oxygens (including phenoxy) is 2. The highest BCUT2D eigenvalue weighted by Crippen LogP contribution is 2.22. The lowest BCUT2D eigenvalue weighted by Crippen LogP contribution is -1.95. The Bertz CT molecular complexity index is 500. The van der Waals surface area contributed by atoms with Crippen molar-refractivity contribution < 1.29 is 9.47 Å². The molecular formula is C13H14N2O2. The van der Waals surface area contributed by atoms with E-state index in [9.17, 15) is 0 Å². The maximum absolute atomic E-state index is 5.66. The van der Waals surface area contributed by atoms with Gasteiger partial charge < -0.3 is 15.2 Å². The Morgan fingerprint density at radius 3 is 2.65 bits per heavy atom. The summed E-state index contributed by atoms with van der Waals surface area (Å²) < 4.78 is 10.9. The summed E-state index contributed by atoms with van der Waals surface area (Å²) in [6.45, 7) is 2.49. The van der Waals surface area contributed by atoms with E-state index < -0.39 is 0 Å². The Morgan fingerprint density at radius 2 is 1.88 bits per heavy atom. The number of benzene rings is 1. The third-order valence-electron chi connectivity index (χ3n) is 2.07. The van der Waals surface area contributed by atoms with Gasteiger partial charge in [0, 0.05) is 23.9 Å². The highest BCUT2D eigenvalue weighted by atomic mass is 16.5. The smallest absolute Gasteiger partial charge is 0.222 e. The van der Waals surface area contributed by atoms with Gasteiger partial charge in [0.1, 0.15) is 5.75 Å². The van der Waals surface area contributed by atoms with Gasteiger partial charge in [-0.25, -0.2) is 0 Å². The first kappa shape index (κ1) is 11.3. The van der Waals surface area contributed by atoms with Gasteiger partial charge in [0.25, 0.3) is 0 Å². The van der Waals surface area contributed by atoms with E-state index >= 15 is 0 Å². The quantitative estimate of drug-likeness (QED) is 0.820. The molecule has 88 valence electrons. The minimum atomic E-state index is 0.488. The van der Waals surface area contributed by atoms with Crippen LogP contribution in [0.1, 0.15) is 6.92 Å². The fourth-order valence-electron chi connectivity index (χ4n) is 1.38. The molecule has 4 nitrogen and oxygen atoms in total. The summed E-state index contributed by atoms with van der Waals surface area (Å²) in [5, 5.41) is 0. The van der Waals surface area contributed by atoms with Crippen molar-refractivity contribution in [3.8, 4) is 17.5 Å². The van der Waals surface area contributed by atoms with Crippen LogP contribution in [-0.2, 0) is 0 Å². The van der Waals surface area contributed by atoms with Crippen LogP contribution in [0.2, 0.25) is 0 Å². The molecule has 0 radical (unpaired) electrons. The van der Waals surface area contributed by atoms with E-state index in [1.165, 1.54) is 0 Å². The van der Waals surface area contributed by atoms with Crippen LogP contribution in [0.25, 0.3) is 0 Å². The highest BCUT2D eigenvalue weighted by Gasteiger charge is 2.01. The fourth-order valence-corrected chi connectivity index (χ4v) is 1.38. The standard InChI is InChI=1S/C13H14N2O2/c1-2-16-12-7-4-8-13(15-12)17-11-6-3-5-10(14)9-11/h3-9H,2,14H2,1H3. The van der Waals surface area contributed by atoms with Crippen molar-refractivity contribution in [2.75, 3.05) is 12.3 Å². The van der Waals surface area contributed by atoms with Gasteiger partial charge in [-0.2, -0.15) is 4.98 Å². The predicted octanol–water partition coefficient (Wildman–Crippen LogP) is 2.85. The molecule has 17 heavy (non-hydrogen) atoms. The van der Waals surface area contributed by atoms with Crippen LogP contribution in [0.4, 0.5) is 5.69 Å². The number of hydrogen-bond donors (Lipinski definition) is 1. The minimum Gasteiger partial charge on any atom is -0.478 e. The summed E-state index contributed by atoms with van der Waals surface area (Å²) in [5.41, 5.74) is 6.32. The van der Waals surface area contributed by atoms with Crippen molar-refractivity contribution >= 4 is 5.69 Å². The van der Waals surface area contributed by atoms with Crippen LogP contribution in [0.15, 0.2) is 42.5 Å². The molecule has 0 atom stereocenters. The average molecular weight is 230 g/mol. The van der Waals surface area contributed by atoms with Gasteiger partial charge in [-0.05, 0) is 19.1 Å². The van der Waals surface area contributed by atoms with E-state index in [2.05, 4.69) is 4.98 Å². The van der Waals surface area contributed by atoms with Crippen LogP contribution in [-0.4, -0.2) is 11.6 Å². The van der Waals surface area contributed by atoms with Crippen LogP contribution in [0.5, 0.6) is 17.5 Å². The lowest BCUT2D eigenvalue weighted by atomic mass is 10.3. The predicted molar refractivity (Wildman–Crippen MR) is 66.3 cm³/mol. The fraction of sp³-hybridized carbons (Fsp3) is 0.154. The lowest BCUT2D eigenvalue weighted by Gasteiger charge is -2.07. The zero-order valence-electron chi connectivity index (χ0n) is 9.59. The number of nitrogen functional groups attached to an aromatic ring is 1. The van der Waals surface area contributed by atoms with Gasteiger partial charge in [0.2, 0.25) is 11.8 Å². The molecule has 2 aromatic rings. The molecule has 0 fully saturated rings. The third-order valence-corrected chi connectivity index (χ3v) is 2.07. The molecule has 0 unspecified atom stereocenters. The van der Waals surface area contributed by atoms with Crippen LogP contribution in [0, 0.1) is 0 Å². The summed E-state index contributed by atoms with van der Waals surface area (Å²) in [4.78, 5) is 4.20. The molecule has 0 spiro atoms. The van der Waals surface area contributed by atoms with Gasteiger partial charge in [-0.15, -0.1) is 0 Å². The molecule has 4 heteroatoms. The first-order valence-corrected chi connectivity index (χ1v) is 5.41. The van der Waals surface area contributed by atoms with Crippen molar-refractivity contribution in [1.29, 1.82) is 0 Å². The van der Waals surface area contributed by atoms with E-state index in [1.54, 1.807) is 24.3 Å². The zero-order valence-corrected chi connectivity index (χ0v) is 9.59. The minimum absolute atomic E-state index is 0.488. The molecule has 0 aliphatic rings. The maximum Gasteiger partial charge on any atom is 0.222 e. The average Bonchev–Trinajstić information content (AvgIpc) is 2.30. The molecule has 0 saturated heterocycles. The number of hydrogen-bond acceptors (Lipinski definition) is 4. The van der Waals surface area contributed by atoms with Crippen molar-refractivity contribution in [2.45, 2.75) is 6.92 Å². The molecule has 1 aromatic carbocycles. The van der Waals surface area contributed by atoms with Gasteiger partial charge in [0.15, 0.2) is 0 Å². The van der Waals surface area contributed by atoms with Crippen LogP contribution >= 0.6 is 0 Å². The summed E-state index contributed by atoms with van der Waals surface area (Å²) in [5.74, 6) is 1.70. The van der Waals surface area contributed by atoms with Crippen LogP contribution < -0.4 is 15.2 Å². The SMILES string of the molecule is CCOc1cccc(Oc2cccc(N)c2)n1. The van der Waals surface area contributed by atoms with Crippen molar-refractivity contribution in [3.63, 3.8) is 0 Å². The molecule has 0 bridgehead atoms. The van der Waals surface area contributed by atoms with Crippen molar-refractivity contribution in [2.24, 2.45) is 0 Å². The molecule has 0 aliphatic heterocycles. The Kier molecular flexibility index (Phi) is 3.45. The first-order valence-electron chi connectivity index (χ1n) is 5.41. The van der Waals surface area contributed by atoms with E-state index in [0.717, 1.165) is 0 Å². The van der Waals surface area contributed by atoms with Crippen molar-refractivity contribution in [3.05, 3.63) is 42.5 Å². The van der Waals surface area contributed by atoms with Gasteiger partial charge in [-0.3, -0.25) is 0 Å². The van der Waals surface area contributed by atoms with E-state index in [1.807, 2.05) is 25.1 Å². The molecule has 1 heterocycles. The number of pyridine rings is 1. The summed E-state index contributed by atoms with van der Waals surface area (Å²) >= 11 is 0. The normalized spacial score (nSPS) is 9.94. The number of anilines is 1. The number of rotatable bonds is 4. The summed E-state index contributed by atoms with van der Waals surface area (Å²) in [6.07, 6.45) is 0. The van der Waals surface area contributed by atoms with E-state index in [0.29, 0.717) is 29.8 Å². The maximum atomic E-state index is 5.66. The monoisotopic (exact) mass is 230 g/mol. The number of nitrogens with two attached hydrogens (primary N) is 1. The summed E-state index contributed by atoms with van der Waals surface area (Å²) in [6, 6.07) is 12.6. The molecule has 0 amide bonds. The molecule has 2 rings (SSSR count). The van der Waals surface area contributed by atoms with Crippen molar-refractivity contribution in [1.82, 2.24) is 4.98 Å². The van der Waals surface area contributed by atoms with Crippen LogP contribution in [0.3, 0.4) is 0 Å². The molecule has 0 saturated carbocycles. The Balaban J connectivity index is 2.15. The van der Waals surface area contributed by atoms with Gasteiger partial charge in [0.05, 0.1) is 6.61 Å². The highest BCUT2D eigenvalue weighted by molar-refractivity contribution is 5.44.